The topological polar surface area (TPSA) is 26.3 Å². The predicted molar refractivity (Wildman–Crippen MR) is 89.5 cm³/mol. The molecule has 2 nitrogen and oxygen atoms in total. The third-order valence-corrected chi connectivity index (χ3v) is 3.91. The molecular weight excluding hydrogens is 328 g/mol. The number of ether oxygens (including phenoxy) is 1. The van der Waals surface area contributed by atoms with Gasteiger partial charge in [0.2, 0.25) is 0 Å². The van der Waals surface area contributed by atoms with E-state index in [2.05, 4.69) is 41.9 Å². The van der Waals surface area contributed by atoms with Gasteiger partial charge in [0, 0.05) is 4.47 Å². The number of rotatable bonds is 4. The molecule has 2 aromatic carbocycles. The van der Waals surface area contributed by atoms with Crippen LogP contribution in [0.4, 0.5) is 0 Å². The first-order valence-electron chi connectivity index (χ1n) is 6.97. The Bertz CT molecular complexity index is 675. The van der Waals surface area contributed by atoms with Crippen molar-refractivity contribution in [3.05, 3.63) is 57.6 Å². The average Bonchev–Trinajstić information content (AvgIpc) is 2.40. The van der Waals surface area contributed by atoms with Gasteiger partial charge in [0.15, 0.2) is 5.78 Å². The molecule has 0 aliphatic heterocycles. The van der Waals surface area contributed by atoms with E-state index in [1.54, 1.807) is 13.0 Å². The lowest BCUT2D eigenvalue weighted by Gasteiger charge is -2.14. The highest BCUT2D eigenvalue weighted by Gasteiger charge is 2.12. The molecule has 0 aliphatic rings. The molecule has 0 N–H and O–H groups in total. The molecule has 21 heavy (non-hydrogen) atoms. The van der Waals surface area contributed by atoms with E-state index in [1.807, 2.05) is 25.1 Å². The summed E-state index contributed by atoms with van der Waals surface area (Å²) >= 11 is 3.42. The van der Waals surface area contributed by atoms with Gasteiger partial charge in [0.1, 0.15) is 11.5 Å². The molecule has 2 rings (SSSR count). The van der Waals surface area contributed by atoms with E-state index in [0.29, 0.717) is 17.2 Å². The van der Waals surface area contributed by atoms with Gasteiger partial charge in [-0.05, 0) is 55.2 Å². The Morgan fingerprint density at radius 3 is 2.43 bits per heavy atom. The van der Waals surface area contributed by atoms with Crippen molar-refractivity contribution in [3.63, 3.8) is 0 Å². The lowest BCUT2D eigenvalue weighted by atomic mass is 10.0. The maximum atomic E-state index is 11.7. The summed E-state index contributed by atoms with van der Waals surface area (Å²) in [4.78, 5) is 11.7. The van der Waals surface area contributed by atoms with Gasteiger partial charge < -0.3 is 4.74 Å². The van der Waals surface area contributed by atoms with Gasteiger partial charge in [-0.3, -0.25) is 4.79 Å². The van der Waals surface area contributed by atoms with Crippen LogP contribution in [0.5, 0.6) is 11.5 Å². The number of carbonyl (C=O) groups excluding carboxylic acids is 1. The molecule has 110 valence electrons. The monoisotopic (exact) mass is 346 g/mol. The van der Waals surface area contributed by atoms with Gasteiger partial charge in [-0.2, -0.15) is 0 Å². The summed E-state index contributed by atoms with van der Waals surface area (Å²) in [6.07, 6.45) is 0. The highest BCUT2D eigenvalue weighted by atomic mass is 79.9. The predicted octanol–water partition coefficient (Wildman–Crippen LogP) is 5.88. The molecule has 0 saturated heterocycles. The molecule has 0 saturated carbocycles. The number of hydrogen-bond acceptors (Lipinski definition) is 2. The fourth-order valence-electron chi connectivity index (χ4n) is 2.08. The minimum atomic E-state index is -0.00447. The van der Waals surface area contributed by atoms with E-state index in [4.69, 9.17) is 4.74 Å². The maximum absolute atomic E-state index is 11.7. The van der Waals surface area contributed by atoms with Crippen LogP contribution in [0.1, 0.15) is 48.2 Å². The zero-order valence-corrected chi connectivity index (χ0v) is 14.3. The van der Waals surface area contributed by atoms with Crippen LogP contribution in [0.3, 0.4) is 0 Å². The van der Waals surface area contributed by atoms with Crippen molar-refractivity contribution in [2.45, 2.75) is 33.6 Å². The molecule has 0 spiro atoms. The first-order valence-corrected chi connectivity index (χ1v) is 7.76. The van der Waals surface area contributed by atoms with Crippen LogP contribution in [0.15, 0.2) is 40.9 Å². The molecule has 0 aromatic heterocycles. The summed E-state index contributed by atoms with van der Waals surface area (Å²) < 4.78 is 6.91. The summed E-state index contributed by atoms with van der Waals surface area (Å²) in [7, 11) is 0. The zero-order chi connectivity index (χ0) is 15.6. The van der Waals surface area contributed by atoms with Gasteiger partial charge in [-0.15, -0.1) is 0 Å². The Hall–Kier alpha value is -1.61. The lowest BCUT2D eigenvalue weighted by Crippen LogP contribution is -1.99. The number of hydrogen-bond donors (Lipinski definition) is 0. The Morgan fingerprint density at radius 2 is 1.81 bits per heavy atom. The smallest absolute Gasteiger partial charge is 0.163 e. The lowest BCUT2D eigenvalue weighted by molar-refractivity contribution is 0.101. The van der Waals surface area contributed by atoms with E-state index in [1.165, 1.54) is 5.56 Å². The fraction of sp³-hybridized carbons (Fsp3) is 0.278. The van der Waals surface area contributed by atoms with E-state index < -0.39 is 0 Å². The highest BCUT2D eigenvalue weighted by Crippen LogP contribution is 2.32. The Morgan fingerprint density at radius 1 is 1.10 bits per heavy atom. The van der Waals surface area contributed by atoms with Crippen molar-refractivity contribution >= 4 is 21.7 Å². The van der Waals surface area contributed by atoms with Crippen LogP contribution >= 0.6 is 15.9 Å². The van der Waals surface area contributed by atoms with Crippen LogP contribution in [0.2, 0.25) is 0 Å². The molecule has 0 atom stereocenters. The number of benzene rings is 2. The number of carbonyl (C=O) groups is 1. The van der Waals surface area contributed by atoms with Crippen molar-refractivity contribution in [1.82, 2.24) is 0 Å². The molecule has 0 aliphatic carbocycles. The minimum absolute atomic E-state index is 0.00447. The zero-order valence-electron chi connectivity index (χ0n) is 12.7. The molecular formula is C18H19BrO2. The number of ketones is 1. The Kier molecular flexibility index (Phi) is 4.84. The van der Waals surface area contributed by atoms with Crippen molar-refractivity contribution in [3.8, 4) is 11.5 Å². The number of aryl methyl sites for hydroxylation is 1. The van der Waals surface area contributed by atoms with Crippen molar-refractivity contribution in [2.24, 2.45) is 0 Å². The molecule has 0 radical (unpaired) electrons. The van der Waals surface area contributed by atoms with Crippen LogP contribution in [0.25, 0.3) is 0 Å². The molecule has 0 heterocycles. The first kappa shape index (κ1) is 15.8. The van der Waals surface area contributed by atoms with Gasteiger partial charge in [-0.1, -0.05) is 41.9 Å². The molecule has 2 aromatic rings. The molecule has 0 fully saturated rings. The van der Waals surface area contributed by atoms with Crippen molar-refractivity contribution < 1.29 is 9.53 Å². The fourth-order valence-corrected chi connectivity index (χ4v) is 2.42. The van der Waals surface area contributed by atoms with Crippen LogP contribution in [0, 0.1) is 6.92 Å². The SMILES string of the molecule is CC(=O)c1ccc(Br)cc1Oc1cc(C(C)C)ccc1C. The third kappa shape index (κ3) is 3.73. The maximum Gasteiger partial charge on any atom is 0.163 e. The van der Waals surface area contributed by atoms with E-state index >= 15 is 0 Å². The van der Waals surface area contributed by atoms with Crippen molar-refractivity contribution in [2.75, 3.05) is 0 Å². The quantitative estimate of drug-likeness (QED) is 0.646. The summed E-state index contributed by atoms with van der Waals surface area (Å²) in [6.45, 7) is 7.85. The van der Waals surface area contributed by atoms with Gasteiger partial charge in [0.25, 0.3) is 0 Å². The Labute approximate surface area is 134 Å². The van der Waals surface area contributed by atoms with Crippen molar-refractivity contribution in [1.29, 1.82) is 0 Å². The molecule has 0 amide bonds. The minimum Gasteiger partial charge on any atom is -0.456 e. The summed E-state index contributed by atoms with van der Waals surface area (Å²) in [5.74, 6) is 1.81. The standard InChI is InChI=1S/C18H19BrO2/c1-11(2)14-6-5-12(3)17(9-14)21-18-10-15(19)7-8-16(18)13(4)20/h5-11H,1-4H3. The van der Waals surface area contributed by atoms with Gasteiger partial charge in [-0.25, -0.2) is 0 Å². The molecule has 3 heteroatoms. The van der Waals surface area contributed by atoms with Crippen LogP contribution < -0.4 is 4.74 Å². The normalized spacial score (nSPS) is 10.8. The second-order valence-electron chi connectivity index (χ2n) is 5.48. The van der Waals surface area contributed by atoms with Crippen LogP contribution in [-0.2, 0) is 0 Å². The second-order valence-corrected chi connectivity index (χ2v) is 6.39. The summed E-state index contributed by atoms with van der Waals surface area (Å²) in [5, 5.41) is 0. The summed E-state index contributed by atoms with van der Waals surface area (Å²) in [5.41, 5.74) is 2.86. The summed E-state index contributed by atoms with van der Waals surface area (Å²) in [6, 6.07) is 11.7. The van der Waals surface area contributed by atoms with Gasteiger partial charge in [0.05, 0.1) is 5.56 Å². The molecule has 0 bridgehead atoms. The van der Waals surface area contributed by atoms with E-state index in [9.17, 15) is 4.79 Å². The van der Waals surface area contributed by atoms with Crippen LogP contribution in [-0.4, -0.2) is 5.78 Å². The van der Waals surface area contributed by atoms with E-state index in [-0.39, 0.29) is 5.78 Å². The largest absolute Gasteiger partial charge is 0.456 e. The van der Waals surface area contributed by atoms with Gasteiger partial charge >= 0.3 is 0 Å². The van der Waals surface area contributed by atoms with E-state index in [0.717, 1.165) is 15.8 Å². The highest BCUT2D eigenvalue weighted by molar-refractivity contribution is 9.10. The number of Topliss-reactive ketones (excluding diaryl/α,β-unsaturated/α-hetero) is 1. The number of halogens is 1. The average molecular weight is 347 g/mol. The first-order chi connectivity index (χ1) is 9.88. The second kappa shape index (κ2) is 6.44. The molecule has 0 unspecified atom stereocenters. The Balaban J connectivity index is 2.44. The third-order valence-electron chi connectivity index (χ3n) is 3.42.